The van der Waals surface area contributed by atoms with Crippen molar-refractivity contribution in [3.63, 3.8) is 0 Å². The van der Waals surface area contributed by atoms with E-state index in [4.69, 9.17) is 14.7 Å². The van der Waals surface area contributed by atoms with Crippen LogP contribution in [-0.4, -0.2) is 83.2 Å². The van der Waals surface area contributed by atoms with E-state index in [0.717, 1.165) is 73.5 Å². The summed E-state index contributed by atoms with van der Waals surface area (Å²) in [5, 5.41) is 11.3. The Bertz CT molecular complexity index is 1160. The maximum Gasteiger partial charge on any atom is 0.319 e. The molecule has 2 aliphatic rings. The molecule has 3 aromatic rings. The molecular weight excluding hydrogens is 444 g/mol. The van der Waals surface area contributed by atoms with E-state index in [1.165, 1.54) is 0 Å². The van der Waals surface area contributed by atoms with E-state index in [1.807, 2.05) is 49.2 Å². The van der Waals surface area contributed by atoms with Crippen LogP contribution in [0.1, 0.15) is 26.2 Å². The van der Waals surface area contributed by atoms with Gasteiger partial charge in [-0.1, -0.05) is 0 Å². The van der Waals surface area contributed by atoms with Crippen molar-refractivity contribution >= 4 is 28.6 Å². The third-order valence-electron chi connectivity index (χ3n) is 6.59. The molecule has 2 saturated heterocycles. The molecule has 0 spiro atoms. The van der Waals surface area contributed by atoms with E-state index in [2.05, 4.69) is 32.5 Å². The molecule has 2 bridgehead atoms. The Labute approximate surface area is 205 Å². The van der Waals surface area contributed by atoms with Crippen LogP contribution < -0.4 is 15.5 Å². The van der Waals surface area contributed by atoms with Crippen LogP contribution in [0.25, 0.3) is 22.4 Å². The highest BCUT2D eigenvalue weighted by molar-refractivity contribution is 5.90. The second kappa shape index (κ2) is 10.2. The van der Waals surface area contributed by atoms with Crippen molar-refractivity contribution in [2.75, 3.05) is 50.5 Å². The minimum atomic E-state index is -0.203. The van der Waals surface area contributed by atoms with Crippen molar-refractivity contribution in [1.29, 1.82) is 0 Å². The summed E-state index contributed by atoms with van der Waals surface area (Å²) < 4.78 is 7.95. The van der Waals surface area contributed by atoms with E-state index in [-0.39, 0.29) is 18.2 Å². The van der Waals surface area contributed by atoms with E-state index in [1.54, 1.807) is 0 Å². The van der Waals surface area contributed by atoms with E-state index in [9.17, 15) is 4.79 Å². The van der Waals surface area contributed by atoms with E-state index >= 15 is 0 Å². The fourth-order valence-corrected chi connectivity index (χ4v) is 4.80. The quantitative estimate of drug-likeness (QED) is 0.480. The zero-order valence-corrected chi connectivity index (χ0v) is 20.7. The summed E-state index contributed by atoms with van der Waals surface area (Å²) in [6.07, 6.45) is 5.52. The van der Waals surface area contributed by atoms with Crippen LogP contribution in [0.2, 0.25) is 0 Å². The Morgan fingerprint density at radius 1 is 1.14 bits per heavy atom. The number of nitrogens with zero attached hydrogens (tertiary/aromatic N) is 6. The number of carbonyl (C=O) groups excluding carboxylic acids is 1. The molecule has 2 unspecified atom stereocenters. The maximum atomic E-state index is 12.2. The van der Waals surface area contributed by atoms with Gasteiger partial charge in [-0.15, -0.1) is 0 Å². The number of carbonyl (C=O) groups is 1. The normalized spacial score (nSPS) is 19.5. The van der Waals surface area contributed by atoms with Gasteiger partial charge in [0.2, 0.25) is 0 Å². The first-order chi connectivity index (χ1) is 17.0. The number of hydrogen-bond donors (Lipinski definition) is 2. The molecular formula is C25H34N8O2. The predicted octanol–water partition coefficient (Wildman–Crippen LogP) is 2.95. The highest BCUT2D eigenvalue weighted by Gasteiger charge is 2.35. The van der Waals surface area contributed by atoms with Crippen LogP contribution in [0, 0.1) is 0 Å². The number of benzene rings is 1. The molecule has 2 atom stereocenters. The standard InChI is InChI=1S/C25H34N8O2/c1-4-33-24-21(14-27-33)23(32-15-19-10-11-20(16-32)35-19)29-22(30-24)17-6-8-18(9-7-17)28-25(34)26-12-5-13-31(2)3/h6-9,14,19-20H,4-5,10-13,15-16H2,1-3H3,(H2,26,28,34). The summed E-state index contributed by atoms with van der Waals surface area (Å²) in [7, 11) is 4.04. The van der Waals surface area contributed by atoms with Gasteiger partial charge < -0.3 is 25.2 Å². The predicted molar refractivity (Wildman–Crippen MR) is 137 cm³/mol. The number of anilines is 2. The first-order valence-electron chi connectivity index (χ1n) is 12.4. The second-order valence-corrected chi connectivity index (χ2v) is 9.55. The van der Waals surface area contributed by atoms with Gasteiger partial charge in [0.1, 0.15) is 5.82 Å². The number of hydrogen-bond acceptors (Lipinski definition) is 7. The van der Waals surface area contributed by atoms with Crippen LogP contribution in [0.15, 0.2) is 30.5 Å². The molecule has 2 aliphatic heterocycles. The Morgan fingerprint density at radius 2 is 1.89 bits per heavy atom. The Hall–Kier alpha value is -3.24. The van der Waals surface area contributed by atoms with Gasteiger partial charge in [0.05, 0.1) is 23.8 Å². The molecule has 186 valence electrons. The lowest BCUT2D eigenvalue weighted by Crippen LogP contribution is -2.43. The smallest absolute Gasteiger partial charge is 0.319 e. The number of ether oxygens (including phenoxy) is 1. The first kappa shape index (κ1) is 23.5. The molecule has 2 amide bonds. The highest BCUT2D eigenvalue weighted by Crippen LogP contribution is 2.33. The SMILES string of the molecule is CCn1ncc2c(N3CC4CCC(C3)O4)nc(-c3ccc(NC(=O)NCCCN(C)C)cc3)nc21. The van der Waals surface area contributed by atoms with Crippen LogP contribution >= 0.6 is 0 Å². The first-order valence-corrected chi connectivity index (χ1v) is 12.4. The highest BCUT2D eigenvalue weighted by atomic mass is 16.5. The number of rotatable bonds is 8. The second-order valence-electron chi connectivity index (χ2n) is 9.55. The van der Waals surface area contributed by atoms with Crippen molar-refractivity contribution in [2.45, 2.75) is 44.9 Å². The van der Waals surface area contributed by atoms with Crippen molar-refractivity contribution < 1.29 is 9.53 Å². The largest absolute Gasteiger partial charge is 0.371 e. The Morgan fingerprint density at radius 3 is 2.57 bits per heavy atom. The van der Waals surface area contributed by atoms with Gasteiger partial charge >= 0.3 is 6.03 Å². The molecule has 1 aromatic carbocycles. The van der Waals surface area contributed by atoms with Gasteiger partial charge in [-0.05, 0) is 71.1 Å². The number of nitrogens with one attached hydrogen (secondary N) is 2. The average Bonchev–Trinajstić information content (AvgIpc) is 3.43. The molecule has 0 aliphatic carbocycles. The fraction of sp³-hybridized carbons (Fsp3) is 0.520. The summed E-state index contributed by atoms with van der Waals surface area (Å²) in [6, 6.07) is 7.46. The van der Waals surface area contributed by atoms with E-state index < -0.39 is 0 Å². The monoisotopic (exact) mass is 478 g/mol. The van der Waals surface area contributed by atoms with Gasteiger partial charge in [-0.2, -0.15) is 5.10 Å². The van der Waals surface area contributed by atoms with Gasteiger partial charge in [0, 0.05) is 37.4 Å². The Kier molecular flexibility index (Phi) is 6.83. The van der Waals surface area contributed by atoms with Crippen LogP contribution in [0.4, 0.5) is 16.3 Å². The van der Waals surface area contributed by atoms with Crippen LogP contribution in [-0.2, 0) is 11.3 Å². The minimum absolute atomic E-state index is 0.203. The zero-order chi connectivity index (χ0) is 24.4. The number of urea groups is 1. The topological polar surface area (TPSA) is 100 Å². The summed E-state index contributed by atoms with van der Waals surface area (Å²) in [6.45, 7) is 6.05. The molecule has 10 nitrogen and oxygen atoms in total. The number of fused-ring (bicyclic) bond motifs is 3. The lowest BCUT2D eigenvalue weighted by Gasteiger charge is -2.33. The molecule has 5 rings (SSSR count). The molecule has 4 heterocycles. The molecule has 2 N–H and O–H groups in total. The van der Waals surface area contributed by atoms with Crippen molar-refractivity contribution in [2.24, 2.45) is 0 Å². The molecule has 0 saturated carbocycles. The number of aryl methyl sites for hydroxylation is 1. The summed E-state index contributed by atoms with van der Waals surface area (Å²) >= 11 is 0. The third kappa shape index (κ3) is 5.23. The van der Waals surface area contributed by atoms with Gasteiger partial charge in [0.15, 0.2) is 11.5 Å². The Balaban J connectivity index is 1.35. The van der Waals surface area contributed by atoms with Crippen molar-refractivity contribution in [1.82, 2.24) is 30.0 Å². The van der Waals surface area contributed by atoms with Gasteiger partial charge in [-0.25, -0.2) is 19.4 Å². The molecule has 10 heteroatoms. The van der Waals surface area contributed by atoms with Crippen LogP contribution in [0.5, 0.6) is 0 Å². The molecule has 35 heavy (non-hydrogen) atoms. The molecule has 0 radical (unpaired) electrons. The molecule has 2 fully saturated rings. The van der Waals surface area contributed by atoms with E-state index in [0.29, 0.717) is 12.4 Å². The van der Waals surface area contributed by atoms with Gasteiger partial charge in [0.25, 0.3) is 0 Å². The van der Waals surface area contributed by atoms with Gasteiger partial charge in [-0.3, -0.25) is 0 Å². The van der Waals surface area contributed by atoms with Crippen molar-refractivity contribution in [3.8, 4) is 11.4 Å². The minimum Gasteiger partial charge on any atom is -0.371 e. The van der Waals surface area contributed by atoms with Crippen LogP contribution in [0.3, 0.4) is 0 Å². The average molecular weight is 479 g/mol. The maximum absolute atomic E-state index is 12.2. The van der Waals surface area contributed by atoms with Crippen molar-refractivity contribution in [3.05, 3.63) is 30.5 Å². The fourth-order valence-electron chi connectivity index (χ4n) is 4.80. The molecule has 2 aromatic heterocycles. The summed E-state index contributed by atoms with van der Waals surface area (Å²) in [4.78, 5) is 26.5. The number of morpholine rings is 1. The lowest BCUT2D eigenvalue weighted by atomic mass is 10.2. The summed E-state index contributed by atoms with van der Waals surface area (Å²) in [5.41, 5.74) is 2.46. The zero-order valence-electron chi connectivity index (χ0n) is 20.7. The third-order valence-corrected chi connectivity index (χ3v) is 6.59. The lowest BCUT2D eigenvalue weighted by molar-refractivity contribution is 0.0303. The summed E-state index contributed by atoms with van der Waals surface area (Å²) in [5.74, 6) is 1.57. The number of aromatic nitrogens is 4. The number of amides is 2.